The fourth-order valence-electron chi connectivity index (χ4n) is 2.17. The minimum atomic E-state index is 0.129. The Morgan fingerprint density at radius 2 is 1.32 bits per heavy atom. The van der Waals surface area contributed by atoms with Crippen LogP contribution in [0.2, 0.25) is 0 Å². The van der Waals surface area contributed by atoms with Crippen molar-refractivity contribution in [3.63, 3.8) is 0 Å². The number of hydrogen-bond acceptors (Lipinski definition) is 2. The Balaban J connectivity index is 4.11. The molecule has 0 bridgehead atoms. The molecular weight excluding hydrogens is 272 g/mol. The highest BCUT2D eigenvalue weighted by molar-refractivity contribution is 5.91. The molecule has 0 atom stereocenters. The van der Waals surface area contributed by atoms with Gasteiger partial charge < -0.3 is 5.11 Å². The Bertz CT molecular complexity index is 458. The van der Waals surface area contributed by atoms with E-state index in [-0.39, 0.29) is 12.4 Å². The number of aliphatic hydroxyl groups is 1. The van der Waals surface area contributed by atoms with Gasteiger partial charge in [0.1, 0.15) is 0 Å². The maximum Gasteiger partial charge on any atom is 0.159 e. The summed E-state index contributed by atoms with van der Waals surface area (Å²) in [6.45, 7) is 10.3. The van der Waals surface area contributed by atoms with Gasteiger partial charge in [0, 0.05) is 6.42 Å². The molecule has 0 rings (SSSR count). The minimum absolute atomic E-state index is 0.129. The third kappa shape index (κ3) is 12.3. The van der Waals surface area contributed by atoms with Gasteiger partial charge >= 0.3 is 0 Å². The number of carbonyl (C=O) groups is 1. The molecule has 0 unspecified atom stereocenters. The zero-order valence-electron chi connectivity index (χ0n) is 14.9. The van der Waals surface area contributed by atoms with Crippen LogP contribution < -0.4 is 0 Å². The van der Waals surface area contributed by atoms with Gasteiger partial charge in [-0.2, -0.15) is 0 Å². The van der Waals surface area contributed by atoms with E-state index in [1.807, 2.05) is 26.8 Å². The van der Waals surface area contributed by atoms with E-state index in [1.54, 1.807) is 6.08 Å². The molecule has 0 aliphatic carbocycles. The summed E-state index contributed by atoms with van der Waals surface area (Å²) in [5.74, 6) is 0.187. The minimum Gasteiger partial charge on any atom is -0.392 e. The van der Waals surface area contributed by atoms with Crippen molar-refractivity contribution >= 4 is 5.78 Å². The first-order valence-corrected chi connectivity index (χ1v) is 8.10. The van der Waals surface area contributed by atoms with E-state index in [2.05, 4.69) is 26.0 Å². The maximum atomic E-state index is 11.7. The molecule has 124 valence electrons. The number of hydrogen-bond donors (Lipinski definition) is 1. The second-order valence-electron chi connectivity index (χ2n) is 6.28. The van der Waals surface area contributed by atoms with Crippen molar-refractivity contribution in [2.24, 2.45) is 0 Å². The van der Waals surface area contributed by atoms with E-state index in [0.717, 1.165) is 36.8 Å². The number of rotatable bonds is 10. The van der Waals surface area contributed by atoms with Crippen molar-refractivity contribution in [1.29, 1.82) is 0 Å². The number of aliphatic hydroxyl groups excluding tert-OH is 1. The highest BCUT2D eigenvalue weighted by Crippen LogP contribution is 2.12. The van der Waals surface area contributed by atoms with Gasteiger partial charge in [-0.1, -0.05) is 40.5 Å². The first-order valence-electron chi connectivity index (χ1n) is 8.10. The summed E-state index contributed by atoms with van der Waals surface area (Å²) in [5, 5.41) is 8.80. The first kappa shape index (κ1) is 20.6. The summed E-state index contributed by atoms with van der Waals surface area (Å²) in [4.78, 5) is 11.7. The highest BCUT2D eigenvalue weighted by atomic mass is 16.2. The van der Waals surface area contributed by atoms with Gasteiger partial charge in [-0.3, -0.25) is 4.79 Å². The Hall–Kier alpha value is -1.41. The van der Waals surface area contributed by atoms with Crippen LogP contribution in [-0.2, 0) is 4.79 Å². The Labute approximate surface area is 136 Å². The molecule has 0 aromatic heterocycles. The third-order valence-electron chi connectivity index (χ3n) is 3.41. The molecule has 0 radical (unpaired) electrons. The number of carbonyl (C=O) groups excluding carboxylic acids is 1. The summed E-state index contributed by atoms with van der Waals surface area (Å²) in [6, 6.07) is 0. The SMILES string of the molecule is CC(C)=CC(=O)C/C(C)=C/CC/C(C)=C/CC/C(C)=C/CO. The van der Waals surface area contributed by atoms with E-state index in [9.17, 15) is 4.79 Å². The summed E-state index contributed by atoms with van der Waals surface area (Å²) < 4.78 is 0. The van der Waals surface area contributed by atoms with E-state index in [0.29, 0.717) is 6.42 Å². The van der Waals surface area contributed by atoms with Crippen molar-refractivity contribution in [2.45, 2.75) is 66.7 Å². The molecule has 1 N–H and O–H groups in total. The van der Waals surface area contributed by atoms with Gasteiger partial charge in [0.25, 0.3) is 0 Å². The lowest BCUT2D eigenvalue weighted by Gasteiger charge is -2.02. The van der Waals surface area contributed by atoms with E-state index in [4.69, 9.17) is 5.11 Å². The summed E-state index contributed by atoms with van der Waals surface area (Å²) in [7, 11) is 0. The summed E-state index contributed by atoms with van der Waals surface area (Å²) >= 11 is 0. The highest BCUT2D eigenvalue weighted by Gasteiger charge is 1.99. The number of ketones is 1. The van der Waals surface area contributed by atoms with Crippen LogP contribution in [0.25, 0.3) is 0 Å². The van der Waals surface area contributed by atoms with Crippen molar-refractivity contribution in [3.8, 4) is 0 Å². The molecule has 0 saturated heterocycles. The maximum absolute atomic E-state index is 11.7. The second-order valence-corrected chi connectivity index (χ2v) is 6.28. The zero-order valence-corrected chi connectivity index (χ0v) is 14.9. The van der Waals surface area contributed by atoms with E-state index in [1.165, 1.54) is 11.1 Å². The number of allylic oxidation sites excluding steroid dienone is 7. The van der Waals surface area contributed by atoms with Crippen LogP contribution in [-0.4, -0.2) is 17.5 Å². The van der Waals surface area contributed by atoms with Crippen LogP contribution in [0.4, 0.5) is 0 Å². The van der Waals surface area contributed by atoms with Crippen LogP contribution in [0, 0.1) is 0 Å². The fourth-order valence-corrected chi connectivity index (χ4v) is 2.17. The molecule has 0 aromatic rings. The van der Waals surface area contributed by atoms with E-state index < -0.39 is 0 Å². The molecule has 2 nitrogen and oxygen atoms in total. The second kappa shape index (κ2) is 12.2. The fraction of sp³-hybridized carbons (Fsp3) is 0.550. The van der Waals surface area contributed by atoms with Gasteiger partial charge in [-0.25, -0.2) is 0 Å². The van der Waals surface area contributed by atoms with Gasteiger partial charge in [0.2, 0.25) is 0 Å². The van der Waals surface area contributed by atoms with Crippen molar-refractivity contribution in [1.82, 2.24) is 0 Å². The molecular formula is C20H32O2. The summed E-state index contributed by atoms with van der Waals surface area (Å²) in [5.41, 5.74) is 4.83. The third-order valence-corrected chi connectivity index (χ3v) is 3.41. The summed E-state index contributed by atoms with van der Waals surface area (Å²) in [6.07, 6.45) is 12.6. The molecule has 0 aliphatic heterocycles. The van der Waals surface area contributed by atoms with Gasteiger partial charge in [0.05, 0.1) is 6.61 Å². The van der Waals surface area contributed by atoms with Gasteiger partial charge in [-0.15, -0.1) is 0 Å². The largest absolute Gasteiger partial charge is 0.392 e. The first-order chi connectivity index (χ1) is 10.3. The molecule has 0 heterocycles. The predicted octanol–water partition coefficient (Wildman–Crippen LogP) is 5.30. The van der Waals surface area contributed by atoms with Gasteiger partial charge in [0.15, 0.2) is 5.78 Å². The monoisotopic (exact) mass is 304 g/mol. The standard InChI is InChI=1S/C20H32O2/c1-16(2)14-20(22)15-19(5)11-7-9-17(3)8-6-10-18(4)12-13-21/h8,11-12,14,21H,6-7,9-10,13,15H2,1-5H3/b17-8+,18-12+,19-11+. The molecule has 2 heteroatoms. The lowest BCUT2D eigenvalue weighted by atomic mass is 10.0. The molecule has 22 heavy (non-hydrogen) atoms. The van der Waals surface area contributed by atoms with Crippen molar-refractivity contribution in [2.75, 3.05) is 6.61 Å². The molecule has 0 aliphatic rings. The van der Waals surface area contributed by atoms with Crippen LogP contribution >= 0.6 is 0 Å². The molecule has 0 aromatic carbocycles. The normalized spacial score (nSPS) is 13.3. The van der Waals surface area contributed by atoms with Crippen molar-refractivity contribution < 1.29 is 9.90 Å². The van der Waals surface area contributed by atoms with Crippen LogP contribution in [0.5, 0.6) is 0 Å². The van der Waals surface area contributed by atoms with Gasteiger partial charge in [-0.05, 0) is 66.4 Å². The smallest absolute Gasteiger partial charge is 0.159 e. The quantitative estimate of drug-likeness (QED) is 0.439. The Morgan fingerprint density at radius 3 is 1.82 bits per heavy atom. The lowest BCUT2D eigenvalue weighted by molar-refractivity contribution is -0.114. The Morgan fingerprint density at radius 1 is 0.818 bits per heavy atom. The van der Waals surface area contributed by atoms with Crippen molar-refractivity contribution in [3.05, 3.63) is 46.6 Å². The molecule has 0 amide bonds. The molecule has 0 spiro atoms. The van der Waals surface area contributed by atoms with E-state index >= 15 is 0 Å². The predicted molar refractivity (Wildman–Crippen MR) is 95.9 cm³/mol. The van der Waals surface area contributed by atoms with Crippen LogP contribution in [0.1, 0.15) is 66.7 Å². The molecule has 0 saturated carbocycles. The lowest BCUT2D eigenvalue weighted by Crippen LogP contribution is -1.94. The van der Waals surface area contributed by atoms with Crippen LogP contribution in [0.15, 0.2) is 46.6 Å². The van der Waals surface area contributed by atoms with Crippen LogP contribution in [0.3, 0.4) is 0 Å². The Kier molecular flexibility index (Phi) is 11.4. The average Bonchev–Trinajstić information content (AvgIpc) is 2.37. The topological polar surface area (TPSA) is 37.3 Å². The zero-order chi connectivity index (χ0) is 17.0. The molecule has 0 fully saturated rings. The average molecular weight is 304 g/mol.